The SMILES string of the molecule is Cc1cccnc1CC1CCC(N)CC1. The molecular weight excluding hydrogens is 184 g/mol. The summed E-state index contributed by atoms with van der Waals surface area (Å²) in [6, 6.07) is 4.61. The quantitative estimate of drug-likeness (QED) is 0.803. The monoisotopic (exact) mass is 204 g/mol. The molecule has 0 aliphatic heterocycles. The highest BCUT2D eigenvalue weighted by Gasteiger charge is 2.19. The maximum absolute atomic E-state index is 5.90. The van der Waals surface area contributed by atoms with E-state index in [9.17, 15) is 0 Å². The first kappa shape index (κ1) is 10.6. The zero-order chi connectivity index (χ0) is 10.7. The van der Waals surface area contributed by atoms with Crippen molar-refractivity contribution in [1.82, 2.24) is 4.98 Å². The number of hydrogen-bond acceptors (Lipinski definition) is 2. The first-order valence-corrected chi connectivity index (χ1v) is 5.92. The van der Waals surface area contributed by atoms with Crippen LogP contribution >= 0.6 is 0 Å². The van der Waals surface area contributed by atoms with Gasteiger partial charge in [0.25, 0.3) is 0 Å². The molecule has 0 atom stereocenters. The molecule has 1 fully saturated rings. The molecule has 1 aliphatic rings. The smallest absolute Gasteiger partial charge is 0.0435 e. The Labute approximate surface area is 91.9 Å². The summed E-state index contributed by atoms with van der Waals surface area (Å²) >= 11 is 0. The Kier molecular flexibility index (Phi) is 3.37. The fourth-order valence-corrected chi connectivity index (χ4v) is 2.40. The zero-order valence-electron chi connectivity index (χ0n) is 9.45. The van der Waals surface area contributed by atoms with E-state index in [1.807, 2.05) is 12.3 Å². The van der Waals surface area contributed by atoms with Gasteiger partial charge in [-0.05, 0) is 56.6 Å². The lowest BCUT2D eigenvalue weighted by Gasteiger charge is -2.26. The van der Waals surface area contributed by atoms with E-state index in [2.05, 4.69) is 18.0 Å². The van der Waals surface area contributed by atoms with Gasteiger partial charge in [-0.2, -0.15) is 0 Å². The molecule has 2 N–H and O–H groups in total. The highest BCUT2D eigenvalue weighted by atomic mass is 14.7. The third-order valence-corrected chi connectivity index (χ3v) is 3.49. The number of nitrogens with two attached hydrogens (primary N) is 1. The van der Waals surface area contributed by atoms with E-state index in [1.54, 1.807) is 0 Å². The van der Waals surface area contributed by atoms with Crippen LogP contribution in [0.5, 0.6) is 0 Å². The molecule has 1 aromatic rings. The van der Waals surface area contributed by atoms with Crippen molar-refractivity contribution in [3.05, 3.63) is 29.6 Å². The first-order chi connectivity index (χ1) is 7.25. The van der Waals surface area contributed by atoms with E-state index in [1.165, 1.54) is 36.9 Å². The molecular formula is C13H20N2. The van der Waals surface area contributed by atoms with Crippen LogP contribution in [0.2, 0.25) is 0 Å². The lowest BCUT2D eigenvalue weighted by atomic mass is 9.83. The highest BCUT2D eigenvalue weighted by molar-refractivity contribution is 5.18. The molecule has 0 unspecified atom stereocenters. The fraction of sp³-hybridized carbons (Fsp3) is 0.615. The van der Waals surface area contributed by atoms with Crippen molar-refractivity contribution in [1.29, 1.82) is 0 Å². The second kappa shape index (κ2) is 4.75. The Morgan fingerprint density at radius 2 is 2.07 bits per heavy atom. The van der Waals surface area contributed by atoms with Crippen molar-refractivity contribution in [2.24, 2.45) is 11.7 Å². The van der Waals surface area contributed by atoms with Gasteiger partial charge in [-0.3, -0.25) is 4.98 Å². The van der Waals surface area contributed by atoms with E-state index in [-0.39, 0.29) is 0 Å². The fourth-order valence-electron chi connectivity index (χ4n) is 2.40. The Morgan fingerprint density at radius 1 is 1.33 bits per heavy atom. The molecule has 0 aromatic carbocycles. The predicted octanol–water partition coefficient (Wildman–Crippen LogP) is 2.45. The number of rotatable bonds is 2. The van der Waals surface area contributed by atoms with Crippen molar-refractivity contribution in [2.45, 2.75) is 45.1 Å². The Morgan fingerprint density at radius 3 is 2.73 bits per heavy atom. The van der Waals surface area contributed by atoms with Crippen LogP contribution in [0.15, 0.2) is 18.3 Å². The standard InChI is InChI=1S/C13H20N2/c1-10-3-2-8-15-13(10)9-11-4-6-12(14)7-5-11/h2-3,8,11-12H,4-7,9,14H2,1H3. The topological polar surface area (TPSA) is 38.9 Å². The predicted molar refractivity (Wildman–Crippen MR) is 62.6 cm³/mol. The molecule has 15 heavy (non-hydrogen) atoms. The summed E-state index contributed by atoms with van der Waals surface area (Å²) in [4.78, 5) is 4.46. The van der Waals surface area contributed by atoms with Crippen LogP contribution in [-0.4, -0.2) is 11.0 Å². The number of pyridine rings is 1. The summed E-state index contributed by atoms with van der Waals surface area (Å²) in [6.07, 6.45) is 7.97. The maximum Gasteiger partial charge on any atom is 0.0435 e. The van der Waals surface area contributed by atoms with Gasteiger partial charge in [0.05, 0.1) is 0 Å². The molecule has 2 heteroatoms. The van der Waals surface area contributed by atoms with Gasteiger partial charge in [0.2, 0.25) is 0 Å². The van der Waals surface area contributed by atoms with Gasteiger partial charge in [-0.1, -0.05) is 6.07 Å². The summed E-state index contributed by atoms with van der Waals surface area (Å²) in [7, 11) is 0. The van der Waals surface area contributed by atoms with Crippen LogP contribution in [0.25, 0.3) is 0 Å². The molecule has 0 radical (unpaired) electrons. The van der Waals surface area contributed by atoms with Crippen molar-refractivity contribution >= 4 is 0 Å². The molecule has 0 bridgehead atoms. The van der Waals surface area contributed by atoms with Crippen LogP contribution < -0.4 is 5.73 Å². The number of hydrogen-bond donors (Lipinski definition) is 1. The average molecular weight is 204 g/mol. The molecule has 82 valence electrons. The van der Waals surface area contributed by atoms with Gasteiger partial charge in [-0.15, -0.1) is 0 Å². The molecule has 2 nitrogen and oxygen atoms in total. The minimum absolute atomic E-state index is 0.450. The van der Waals surface area contributed by atoms with Gasteiger partial charge in [0, 0.05) is 17.9 Å². The van der Waals surface area contributed by atoms with Crippen molar-refractivity contribution in [2.75, 3.05) is 0 Å². The first-order valence-electron chi connectivity index (χ1n) is 5.92. The van der Waals surface area contributed by atoms with Crippen molar-refractivity contribution in [3.63, 3.8) is 0 Å². The van der Waals surface area contributed by atoms with Gasteiger partial charge in [-0.25, -0.2) is 0 Å². The summed E-state index contributed by atoms with van der Waals surface area (Å²) in [5, 5.41) is 0. The van der Waals surface area contributed by atoms with Gasteiger partial charge in [0.15, 0.2) is 0 Å². The molecule has 1 aromatic heterocycles. The number of aryl methyl sites for hydroxylation is 1. The summed E-state index contributed by atoms with van der Waals surface area (Å²) in [5.74, 6) is 0.804. The minimum Gasteiger partial charge on any atom is -0.328 e. The second-order valence-electron chi connectivity index (χ2n) is 4.75. The van der Waals surface area contributed by atoms with Gasteiger partial charge in [0.1, 0.15) is 0 Å². The Balaban J connectivity index is 1.95. The molecule has 1 aliphatic carbocycles. The van der Waals surface area contributed by atoms with E-state index in [4.69, 9.17) is 5.73 Å². The second-order valence-corrected chi connectivity index (χ2v) is 4.75. The molecule has 0 amide bonds. The lowest BCUT2D eigenvalue weighted by molar-refractivity contribution is 0.322. The third-order valence-electron chi connectivity index (χ3n) is 3.49. The summed E-state index contributed by atoms with van der Waals surface area (Å²) in [6.45, 7) is 2.15. The summed E-state index contributed by atoms with van der Waals surface area (Å²) < 4.78 is 0. The van der Waals surface area contributed by atoms with E-state index in [0.717, 1.165) is 12.3 Å². The van der Waals surface area contributed by atoms with E-state index < -0.39 is 0 Å². The number of aromatic nitrogens is 1. The van der Waals surface area contributed by atoms with Crippen LogP contribution in [-0.2, 0) is 6.42 Å². The lowest BCUT2D eigenvalue weighted by Crippen LogP contribution is -2.27. The molecule has 1 saturated carbocycles. The molecule has 1 heterocycles. The molecule has 0 spiro atoms. The van der Waals surface area contributed by atoms with Crippen LogP contribution in [0.3, 0.4) is 0 Å². The van der Waals surface area contributed by atoms with Gasteiger partial charge >= 0.3 is 0 Å². The third kappa shape index (κ3) is 2.78. The van der Waals surface area contributed by atoms with Gasteiger partial charge < -0.3 is 5.73 Å². The van der Waals surface area contributed by atoms with E-state index in [0.29, 0.717) is 6.04 Å². The molecule has 2 rings (SSSR count). The zero-order valence-corrected chi connectivity index (χ0v) is 9.45. The highest BCUT2D eigenvalue weighted by Crippen LogP contribution is 2.26. The van der Waals surface area contributed by atoms with Crippen LogP contribution in [0.1, 0.15) is 36.9 Å². The van der Waals surface area contributed by atoms with Crippen molar-refractivity contribution < 1.29 is 0 Å². The maximum atomic E-state index is 5.90. The largest absolute Gasteiger partial charge is 0.328 e. The molecule has 0 saturated heterocycles. The Hall–Kier alpha value is -0.890. The minimum atomic E-state index is 0.450. The van der Waals surface area contributed by atoms with Crippen LogP contribution in [0.4, 0.5) is 0 Å². The summed E-state index contributed by atoms with van der Waals surface area (Å²) in [5.41, 5.74) is 8.51. The average Bonchev–Trinajstić information content (AvgIpc) is 2.25. The van der Waals surface area contributed by atoms with Crippen LogP contribution in [0, 0.1) is 12.8 Å². The van der Waals surface area contributed by atoms with E-state index >= 15 is 0 Å². The number of nitrogens with zero attached hydrogens (tertiary/aromatic N) is 1. The Bertz CT molecular complexity index is 314. The normalized spacial score (nSPS) is 26.5. The van der Waals surface area contributed by atoms with Crippen molar-refractivity contribution in [3.8, 4) is 0 Å².